The molecule has 156 valence electrons. The molecule has 0 aliphatic carbocycles. The Hall–Kier alpha value is -2.59. The zero-order chi connectivity index (χ0) is 20.8. The highest BCUT2D eigenvalue weighted by Gasteiger charge is 2.25. The van der Waals surface area contributed by atoms with Gasteiger partial charge in [0.15, 0.2) is 11.0 Å². The van der Waals surface area contributed by atoms with Gasteiger partial charge < -0.3 is 14.8 Å². The summed E-state index contributed by atoms with van der Waals surface area (Å²) in [7, 11) is 3.08. The zero-order valence-corrected chi connectivity index (χ0v) is 17.5. The van der Waals surface area contributed by atoms with E-state index in [2.05, 4.69) is 20.8 Å². The Morgan fingerprint density at radius 1 is 1.34 bits per heavy atom. The summed E-state index contributed by atoms with van der Waals surface area (Å²) in [6.45, 7) is 3.07. The Morgan fingerprint density at radius 3 is 2.72 bits per heavy atom. The Balaban J connectivity index is 1.84. The first kappa shape index (κ1) is 21.1. The minimum atomic E-state index is -0.540. The smallest absolute Gasteiger partial charge is 0.321 e. The minimum absolute atomic E-state index is 0.0809. The summed E-state index contributed by atoms with van der Waals surface area (Å²) < 4.78 is 13.0. The lowest BCUT2D eigenvalue weighted by molar-refractivity contribution is -0.119. The minimum Gasteiger partial charge on any atom is -0.497 e. The van der Waals surface area contributed by atoms with Gasteiger partial charge >= 0.3 is 6.03 Å². The highest BCUT2D eigenvalue weighted by molar-refractivity contribution is 8.00. The molecule has 1 saturated heterocycles. The van der Waals surface area contributed by atoms with E-state index in [0.717, 1.165) is 30.8 Å². The predicted octanol–water partition coefficient (Wildman–Crippen LogP) is 2.07. The van der Waals surface area contributed by atoms with Gasteiger partial charge in [0.2, 0.25) is 5.91 Å². The van der Waals surface area contributed by atoms with Crippen molar-refractivity contribution in [1.29, 1.82) is 0 Å². The summed E-state index contributed by atoms with van der Waals surface area (Å²) in [5.41, 5.74) is 0.894. The number of rotatable bonds is 7. The van der Waals surface area contributed by atoms with E-state index in [0.29, 0.717) is 17.5 Å². The highest BCUT2D eigenvalue weighted by Crippen LogP contribution is 2.29. The number of aromatic nitrogens is 3. The lowest BCUT2D eigenvalue weighted by Gasteiger charge is -2.16. The second-order valence-electron chi connectivity index (χ2n) is 6.61. The zero-order valence-electron chi connectivity index (χ0n) is 16.7. The Bertz CT molecular complexity index is 849. The number of nitrogens with zero attached hydrogens (tertiary/aromatic N) is 3. The standard InChI is InChI=1S/C19H25N5O4S/c1-12(17(25)21-18(26)20-2)29-19-23-22-16(13-6-8-14(27-3)9-7-13)24(19)11-15-5-4-10-28-15/h6-9,12,15H,4-5,10-11H2,1-3H3,(H2,20,21,25,26). The van der Waals surface area contributed by atoms with Crippen LogP contribution in [0.1, 0.15) is 19.8 Å². The van der Waals surface area contributed by atoms with Crippen molar-refractivity contribution in [2.24, 2.45) is 0 Å². The average Bonchev–Trinajstić information content (AvgIpc) is 3.38. The molecule has 3 rings (SSSR count). The van der Waals surface area contributed by atoms with Gasteiger partial charge in [0.05, 0.1) is 25.0 Å². The number of thioether (sulfide) groups is 1. The third kappa shape index (κ3) is 5.27. The van der Waals surface area contributed by atoms with Crippen LogP contribution in [0.15, 0.2) is 29.4 Å². The summed E-state index contributed by atoms with van der Waals surface area (Å²) in [6.07, 6.45) is 2.08. The van der Waals surface area contributed by atoms with Crippen LogP contribution in [-0.2, 0) is 16.1 Å². The lowest BCUT2D eigenvalue weighted by Crippen LogP contribution is -2.41. The summed E-state index contributed by atoms with van der Waals surface area (Å²) >= 11 is 1.25. The number of methoxy groups -OCH3 is 1. The summed E-state index contributed by atoms with van der Waals surface area (Å²) in [6, 6.07) is 7.04. The maximum atomic E-state index is 12.2. The number of hydrogen-bond donors (Lipinski definition) is 2. The van der Waals surface area contributed by atoms with Crippen LogP contribution in [0.3, 0.4) is 0 Å². The SMILES string of the molecule is CNC(=O)NC(=O)C(C)Sc1nnc(-c2ccc(OC)cc2)n1CC1CCCO1. The molecule has 1 aromatic carbocycles. The number of carbonyl (C=O) groups excluding carboxylic acids is 2. The molecule has 2 N–H and O–H groups in total. The fourth-order valence-corrected chi connectivity index (χ4v) is 3.83. The van der Waals surface area contributed by atoms with Gasteiger partial charge in [-0.3, -0.25) is 14.7 Å². The van der Waals surface area contributed by atoms with Crippen LogP contribution in [-0.4, -0.2) is 58.8 Å². The van der Waals surface area contributed by atoms with Crippen LogP contribution in [0.2, 0.25) is 0 Å². The number of nitrogens with one attached hydrogen (secondary N) is 2. The molecule has 1 aliphatic heterocycles. The number of ether oxygens (including phenoxy) is 2. The topological polar surface area (TPSA) is 107 Å². The first-order valence-electron chi connectivity index (χ1n) is 9.40. The molecule has 0 saturated carbocycles. The van der Waals surface area contributed by atoms with E-state index in [1.807, 2.05) is 28.8 Å². The monoisotopic (exact) mass is 419 g/mol. The molecule has 10 heteroatoms. The van der Waals surface area contributed by atoms with E-state index in [-0.39, 0.29) is 6.10 Å². The molecule has 2 aromatic rings. The number of amides is 3. The molecule has 0 bridgehead atoms. The second kappa shape index (κ2) is 9.75. The van der Waals surface area contributed by atoms with Crippen LogP contribution in [0.25, 0.3) is 11.4 Å². The van der Waals surface area contributed by atoms with E-state index in [1.165, 1.54) is 18.8 Å². The predicted molar refractivity (Wildman–Crippen MR) is 109 cm³/mol. The Morgan fingerprint density at radius 2 is 2.10 bits per heavy atom. The van der Waals surface area contributed by atoms with E-state index < -0.39 is 17.2 Å². The van der Waals surface area contributed by atoms with Crippen LogP contribution < -0.4 is 15.4 Å². The van der Waals surface area contributed by atoms with Gasteiger partial charge in [-0.15, -0.1) is 10.2 Å². The third-order valence-electron chi connectivity index (χ3n) is 4.59. The number of hydrogen-bond acceptors (Lipinski definition) is 7. The van der Waals surface area contributed by atoms with Crippen molar-refractivity contribution in [3.05, 3.63) is 24.3 Å². The van der Waals surface area contributed by atoms with E-state index in [9.17, 15) is 9.59 Å². The van der Waals surface area contributed by atoms with Crippen molar-refractivity contribution in [2.75, 3.05) is 20.8 Å². The van der Waals surface area contributed by atoms with Gasteiger partial charge in [-0.1, -0.05) is 11.8 Å². The van der Waals surface area contributed by atoms with E-state index in [1.54, 1.807) is 14.0 Å². The molecule has 2 heterocycles. The average molecular weight is 420 g/mol. The van der Waals surface area contributed by atoms with Crippen molar-refractivity contribution in [3.8, 4) is 17.1 Å². The van der Waals surface area contributed by atoms with Gasteiger partial charge in [-0.05, 0) is 44.0 Å². The van der Waals surface area contributed by atoms with Crippen LogP contribution in [0.5, 0.6) is 5.75 Å². The number of benzene rings is 1. The molecule has 2 unspecified atom stereocenters. The quantitative estimate of drug-likeness (QED) is 0.662. The van der Waals surface area contributed by atoms with Crippen molar-refractivity contribution in [3.63, 3.8) is 0 Å². The van der Waals surface area contributed by atoms with Crippen LogP contribution in [0, 0.1) is 0 Å². The molecule has 0 radical (unpaired) electrons. The van der Waals surface area contributed by atoms with E-state index in [4.69, 9.17) is 9.47 Å². The largest absolute Gasteiger partial charge is 0.497 e. The normalized spacial score (nSPS) is 17.0. The fourth-order valence-electron chi connectivity index (χ4n) is 2.97. The lowest BCUT2D eigenvalue weighted by atomic mass is 10.2. The maximum Gasteiger partial charge on any atom is 0.321 e. The van der Waals surface area contributed by atoms with Gasteiger partial charge in [-0.2, -0.15) is 0 Å². The molecule has 9 nitrogen and oxygen atoms in total. The molecule has 3 amide bonds. The van der Waals surface area contributed by atoms with Gasteiger partial charge in [-0.25, -0.2) is 4.79 Å². The number of urea groups is 1. The molecular weight excluding hydrogens is 394 g/mol. The summed E-state index contributed by atoms with van der Waals surface area (Å²) in [5.74, 6) is 1.06. The van der Waals surface area contributed by atoms with Crippen molar-refractivity contribution >= 4 is 23.7 Å². The van der Waals surface area contributed by atoms with Gasteiger partial charge in [0.1, 0.15) is 5.75 Å². The summed E-state index contributed by atoms with van der Waals surface area (Å²) in [4.78, 5) is 23.6. The van der Waals surface area contributed by atoms with Gasteiger partial charge in [0, 0.05) is 19.2 Å². The van der Waals surface area contributed by atoms with Crippen LogP contribution in [0.4, 0.5) is 4.79 Å². The Kier molecular flexibility index (Phi) is 7.10. The highest BCUT2D eigenvalue weighted by atomic mass is 32.2. The molecule has 1 fully saturated rings. The molecular formula is C19H25N5O4S. The number of imide groups is 1. The first-order chi connectivity index (χ1) is 14.0. The van der Waals surface area contributed by atoms with Crippen LogP contribution >= 0.6 is 11.8 Å². The molecule has 1 aromatic heterocycles. The third-order valence-corrected chi connectivity index (χ3v) is 5.67. The Labute approximate surface area is 173 Å². The van der Waals surface area contributed by atoms with E-state index >= 15 is 0 Å². The second-order valence-corrected chi connectivity index (χ2v) is 7.92. The summed E-state index contributed by atoms with van der Waals surface area (Å²) in [5, 5.41) is 13.4. The van der Waals surface area contributed by atoms with Crippen molar-refractivity contribution in [1.82, 2.24) is 25.4 Å². The molecule has 29 heavy (non-hydrogen) atoms. The van der Waals surface area contributed by atoms with Crippen molar-refractivity contribution < 1.29 is 19.1 Å². The number of carbonyl (C=O) groups is 2. The van der Waals surface area contributed by atoms with Gasteiger partial charge in [0.25, 0.3) is 0 Å². The fraction of sp³-hybridized carbons (Fsp3) is 0.474. The molecule has 1 aliphatic rings. The molecule has 2 atom stereocenters. The van der Waals surface area contributed by atoms with Crippen molar-refractivity contribution in [2.45, 2.75) is 42.8 Å². The maximum absolute atomic E-state index is 12.2. The molecule has 0 spiro atoms. The first-order valence-corrected chi connectivity index (χ1v) is 10.3.